The number of allylic oxidation sites excluding steroid dienone is 5. The molecule has 0 bridgehead atoms. The maximum Gasteiger partial charge on any atom is 0.235 e. The molecule has 0 fully saturated rings. The van der Waals surface area contributed by atoms with E-state index in [0.29, 0.717) is 0 Å². The van der Waals surface area contributed by atoms with Gasteiger partial charge in [0, 0.05) is 5.71 Å². The van der Waals surface area contributed by atoms with Crippen LogP contribution in [0.15, 0.2) is 60.2 Å². The second-order valence-corrected chi connectivity index (χ2v) is 4.33. The minimum Gasteiger partial charge on any atom is -0.304 e. The second kappa shape index (κ2) is 5.61. The Kier molecular flexibility index (Phi) is 3.90. The minimum absolute atomic E-state index is 0.227. The molecule has 1 unspecified atom stereocenters. The van der Waals surface area contributed by atoms with Gasteiger partial charge < -0.3 is 5.41 Å². The summed E-state index contributed by atoms with van der Waals surface area (Å²) in [6.07, 6.45) is 8.89. The van der Waals surface area contributed by atoms with Gasteiger partial charge in [-0.15, -0.1) is 0 Å². The van der Waals surface area contributed by atoms with Crippen LogP contribution in [0.1, 0.15) is 5.56 Å². The van der Waals surface area contributed by atoms with E-state index in [2.05, 4.69) is 0 Å². The van der Waals surface area contributed by atoms with E-state index >= 15 is 0 Å². The molecule has 1 aromatic carbocycles. The molecule has 1 atom stereocenters. The molecule has 90 valence electrons. The van der Waals surface area contributed by atoms with E-state index in [0.717, 1.165) is 11.1 Å². The van der Waals surface area contributed by atoms with Crippen LogP contribution in [-0.4, -0.2) is 11.0 Å². The molecule has 0 spiro atoms. The molecular formula is C15H12ClNO. The predicted octanol–water partition coefficient (Wildman–Crippen LogP) is 3.60. The van der Waals surface area contributed by atoms with Crippen molar-refractivity contribution in [3.63, 3.8) is 0 Å². The Balaban J connectivity index is 2.24. The number of benzene rings is 1. The Morgan fingerprint density at radius 3 is 2.61 bits per heavy atom. The van der Waals surface area contributed by atoms with Crippen molar-refractivity contribution in [2.75, 3.05) is 0 Å². The third-order valence-electron chi connectivity index (χ3n) is 2.70. The predicted molar refractivity (Wildman–Crippen MR) is 74.8 cm³/mol. The lowest BCUT2D eigenvalue weighted by molar-refractivity contribution is -0.112. The first-order valence-electron chi connectivity index (χ1n) is 5.57. The highest BCUT2D eigenvalue weighted by molar-refractivity contribution is 6.66. The van der Waals surface area contributed by atoms with Crippen LogP contribution in [-0.2, 0) is 4.79 Å². The van der Waals surface area contributed by atoms with Gasteiger partial charge in [0.25, 0.3) is 0 Å². The van der Waals surface area contributed by atoms with E-state index in [9.17, 15) is 4.79 Å². The Morgan fingerprint density at radius 2 is 1.94 bits per heavy atom. The van der Waals surface area contributed by atoms with Crippen LogP contribution >= 0.6 is 11.6 Å². The Bertz CT molecular complexity index is 555. The number of nitrogens with one attached hydrogen (secondary N) is 1. The first-order chi connectivity index (χ1) is 8.68. The van der Waals surface area contributed by atoms with Crippen LogP contribution < -0.4 is 0 Å². The van der Waals surface area contributed by atoms with Crippen molar-refractivity contribution in [2.24, 2.45) is 5.92 Å². The van der Waals surface area contributed by atoms with Crippen molar-refractivity contribution in [2.45, 2.75) is 0 Å². The fourth-order valence-corrected chi connectivity index (χ4v) is 2.04. The van der Waals surface area contributed by atoms with Crippen LogP contribution in [0, 0.1) is 11.3 Å². The summed E-state index contributed by atoms with van der Waals surface area (Å²) in [5.74, 6) is -0.656. The molecule has 2 rings (SSSR count). The highest BCUT2D eigenvalue weighted by atomic mass is 35.5. The summed E-state index contributed by atoms with van der Waals surface area (Å²) in [4.78, 5) is 11.3. The van der Waals surface area contributed by atoms with Crippen LogP contribution in [0.3, 0.4) is 0 Å². The van der Waals surface area contributed by atoms with Gasteiger partial charge >= 0.3 is 0 Å². The van der Waals surface area contributed by atoms with Crippen molar-refractivity contribution in [3.05, 3.63) is 65.8 Å². The number of hydrogen-bond donors (Lipinski definition) is 1. The van der Waals surface area contributed by atoms with Crippen molar-refractivity contribution < 1.29 is 4.79 Å². The number of rotatable bonds is 3. The quantitative estimate of drug-likeness (QED) is 0.826. The van der Waals surface area contributed by atoms with Crippen molar-refractivity contribution in [3.8, 4) is 0 Å². The average Bonchev–Trinajstić information content (AvgIpc) is 2.37. The smallest absolute Gasteiger partial charge is 0.235 e. The van der Waals surface area contributed by atoms with Gasteiger partial charge in [-0.1, -0.05) is 54.6 Å². The first kappa shape index (κ1) is 12.5. The molecule has 2 nitrogen and oxygen atoms in total. The molecule has 0 radical (unpaired) electrons. The normalized spacial score (nSPS) is 19.1. The molecule has 0 saturated carbocycles. The van der Waals surface area contributed by atoms with E-state index in [1.807, 2.05) is 48.6 Å². The lowest BCUT2D eigenvalue weighted by Crippen LogP contribution is -2.21. The molecule has 0 aliphatic heterocycles. The monoisotopic (exact) mass is 257 g/mol. The molecule has 18 heavy (non-hydrogen) atoms. The Morgan fingerprint density at radius 1 is 1.22 bits per heavy atom. The average molecular weight is 258 g/mol. The zero-order valence-electron chi connectivity index (χ0n) is 9.64. The summed E-state index contributed by atoms with van der Waals surface area (Å²) in [6, 6.07) is 9.78. The van der Waals surface area contributed by atoms with Crippen molar-refractivity contribution >= 4 is 28.6 Å². The molecule has 0 amide bonds. The topological polar surface area (TPSA) is 40.9 Å². The molecule has 1 aliphatic rings. The molecule has 0 saturated heterocycles. The van der Waals surface area contributed by atoms with Gasteiger partial charge in [-0.2, -0.15) is 0 Å². The second-order valence-electron chi connectivity index (χ2n) is 3.96. The number of hydrogen-bond acceptors (Lipinski definition) is 2. The lowest BCUT2D eigenvalue weighted by Gasteiger charge is -2.15. The fourth-order valence-electron chi connectivity index (χ4n) is 1.80. The van der Waals surface area contributed by atoms with Crippen LogP contribution in [0.4, 0.5) is 0 Å². The van der Waals surface area contributed by atoms with E-state index in [1.165, 1.54) is 0 Å². The molecule has 0 heterocycles. The van der Waals surface area contributed by atoms with Crippen LogP contribution in [0.25, 0.3) is 6.08 Å². The van der Waals surface area contributed by atoms with E-state index in [-0.39, 0.29) is 5.71 Å². The molecule has 3 heteroatoms. The van der Waals surface area contributed by atoms with Gasteiger partial charge in [0.1, 0.15) is 0 Å². The molecule has 1 aliphatic carbocycles. The SMILES string of the molecule is N=C1C=CC=C(C=Cc2ccccc2)C1C(=O)Cl. The summed E-state index contributed by atoms with van der Waals surface area (Å²) in [6.45, 7) is 0. The number of halogens is 1. The summed E-state index contributed by atoms with van der Waals surface area (Å²) in [5.41, 5.74) is 2.01. The van der Waals surface area contributed by atoms with Gasteiger partial charge in [-0.3, -0.25) is 4.79 Å². The molecule has 1 aromatic rings. The molecule has 0 aromatic heterocycles. The number of carbonyl (C=O) groups excluding carboxylic acids is 1. The summed E-state index contributed by atoms with van der Waals surface area (Å²) >= 11 is 5.54. The third kappa shape index (κ3) is 2.84. The van der Waals surface area contributed by atoms with Crippen molar-refractivity contribution in [1.82, 2.24) is 0 Å². The van der Waals surface area contributed by atoms with Gasteiger partial charge in [0.2, 0.25) is 5.24 Å². The zero-order valence-corrected chi connectivity index (χ0v) is 10.4. The summed E-state index contributed by atoms with van der Waals surface area (Å²) < 4.78 is 0. The molecule has 1 N–H and O–H groups in total. The van der Waals surface area contributed by atoms with E-state index < -0.39 is 11.2 Å². The zero-order chi connectivity index (χ0) is 13.0. The van der Waals surface area contributed by atoms with Gasteiger partial charge in [-0.05, 0) is 28.8 Å². The standard InChI is InChI=1S/C15H12ClNO/c16-15(18)14-12(7-4-8-13(14)17)10-9-11-5-2-1-3-6-11/h1-10,14,17H. The summed E-state index contributed by atoms with van der Waals surface area (Å²) in [7, 11) is 0. The van der Waals surface area contributed by atoms with Crippen molar-refractivity contribution in [1.29, 1.82) is 5.41 Å². The highest BCUT2D eigenvalue weighted by Crippen LogP contribution is 2.22. The minimum atomic E-state index is -0.656. The highest BCUT2D eigenvalue weighted by Gasteiger charge is 2.24. The largest absolute Gasteiger partial charge is 0.304 e. The van der Waals surface area contributed by atoms with Gasteiger partial charge in [0.05, 0.1) is 5.92 Å². The van der Waals surface area contributed by atoms with Crippen LogP contribution in [0.2, 0.25) is 0 Å². The molecular weight excluding hydrogens is 246 g/mol. The fraction of sp³-hybridized carbons (Fsp3) is 0.0667. The van der Waals surface area contributed by atoms with E-state index in [1.54, 1.807) is 12.2 Å². The van der Waals surface area contributed by atoms with E-state index in [4.69, 9.17) is 17.0 Å². The Hall–Kier alpha value is -1.93. The maximum atomic E-state index is 11.3. The first-order valence-corrected chi connectivity index (χ1v) is 5.95. The maximum absolute atomic E-state index is 11.3. The Labute approximate surface area is 111 Å². The number of carbonyl (C=O) groups is 1. The van der Waals surface area contributed by atoms with Gasteiger partial charge in [-0.25, -0.2) is 0 Å². The van der Waals surface area contributed by atoms with Gasteiger partial charge in [0.15, 0.2) is 0 Å². The third-order valence-corrected chi connectivity index (χ3v) is 2.92. The summed E-state index contributed by atoms with van der Waals surface area (Å²) in [5, 5.41) is 7.20. The lowest BCUT2D eigenvalue weighted by atomic mass is 9.90. The van der Waals surface area contributed by atoms with Crippen LogP contribution in [0.5, 0.6) is 0 Å².